The zero-order valence-electron chi connectivity index (χ0n) is 17.8. The number of aliphatic hydroxyl groups excluding tert-OH is 1. The summed E-state index contributed by atoms with van der Waals surface area (Å²) in [4.78, 5) is 24.5. The predicted molar refractivity (Wildman–Crippen MR) is 119 cm³/mol. The molecule has 2 aromatic carbocycles. The lowest BCUT2D eigenvalue weighted by Crippen LogP contribution is -2.47. The lowest BCUT2D eigenvalue weighted by atomic mass is 9.90. The van der Waals surface area contributed by atoms with Crippen LogP contribution in [0.25, 0.3) is 11.1 Å². The Hall–Kier alpha value is -2.70. The molecule has 1 aliphatic carbocycles. The second-order valence-electron chi connectivity index (χ2n) is 8.36. The van der Waals surface area contributed by atoms with Crippen LogP contribution in [0.1, 0.15) is 50.5 Å². The Morgan fingerprint density at radius 1 is 0.968 bits per heavy atom. The van der Waals surface area contributed by atoms with Gasteiger partial charge in [-0.25, -0.2) is 5.48 Å². The Labute approximate surface area is 183 Å². The van der Waals surface area contributed by atoms with Crippen molar-refractivity contribution in [3.63, 3.8) is 0 Å². The minimum absolute atomic E-state index is 0.0713. The van der Waals surface area contributed by atoms with E-state index in [0.717, 1.165) is 37.7 Å². The fourth-order valence-corrected chi connectivity index (χ4v) is 4.22. The molecule has 6 nitrogen and oxygen atoms in total. The summed E-state index contributed by atoms with van der Waals surface area (Å²) in [7, 11) is 0. The van der Waals surface area contributed by atoms with Crippen LogP contribution >= 0.6 is 0 Å². The molecule has 6 heteroatoms. The molecule has 31 heavy (non-hydrogen) atoms. The van der Waals surface area contributed by atoms with E-state index in [4.69, 9.17) is 5.21 Å². The van der Waals surface area contributed by atoms with E-state index in [1.807, 2.05) is 18.2 Å². The number of amides is 2. The average Bonchev–Trinajstić information content (AvgIpc) is 2.80. The summed E-state index contributed by atoms with van der Waals surface area (Å²) in [5.41, 5.74) is 5.13. The van der Waals surface area contributed by atoms with Crippen LogP contribution in [0.15, 0.2) is 54.6 Å². The van der Waals surface area contributed by atoms with Crippen molar-refractivity contribution in [1.29, 1.82) is 0 Å². The topological polar surface area (TPSA) is 98.7 Å². The monoisotopic (exact) mass is 424 g/mol. The van der Waals surface area contributed by atoms with Gasteiger partial charge in [0.1, 0.15) is 0 Å². The minimum atomic E-state index is -0.573. The molecule has 166 valence electrons. The molecule has 4 N–H and O–H groups in total. The highest BCUT2D eigenvalue weighted by atomic mass is 16.5. The molecule has 0 bridgehead atoms. The summed E-state index contributed by atoms with van der Waals surface area (Å²) < 4.78 is 0. The molecule has 2 aromatic rings. The molecule has 1 saturated carbocycles. The van der Waals surface area contributed by atoms with Crippen LogP contribution in [-0.4, -0.2) is 34.3 Å². The van der Waals surface area contributed by atoms with Gasteiger partial charge in [-0.1, -0.05) is 67.4 Å². The maximum absolute atomic E-state index is 12.8. The van der Waals surface area contributed by atoms with Crippen LogP contribution in [0, 0.1) is 5.92 Å². The maximum Gasteiger partial charge on any atom is 0.244 e. The highest BCUT2D eigenvalue weighted by molar-refractivity contribution is 5.85. The van der Waals surface area contributed by atoms with Crippen molar-refractivity contribution in [2.24, 2.45) is 5.92 Å². The van der Waals surface area contributed by atoms with Gasteiger partial charge in [0.2, 0.25) is 11.8 Å². The van der Waals surface area contributed by atoms with Crippen molar-refractivity contribution >= 4 is 11.8 Å². The SMILES string of the molecule is O=C(CC(CCCc1ccc(-c2ccccc2)cc1)C(=O)NC1CCCCC1O)NO. The van der Waals surface area contributed by atoms with Crippen molar-refractivity contribution in [2.45, 2.75) is 63.5 Å². The molecule has 3 atom stereocenters. The number of aliphatic hydroxyl groups is 1. The van der Waals surface area contributed by atoms with E-state index in [-0.39, 0.29) is 18.4 Å². The highest BCUT2D eigenvalue weighted by Gasteiger charge is 2.28. The van der Waals surface area contributed by atoms with Gasteiger partial charge in [-0.05, 0) is 48.8 Å². The standard InChI is InChI=1S/C25H32N2O4/c28-23-12-5-4-11-22(23)26-25(30)21(17-24(29)27-31)10-6-7-18-13-15-20(16-14-18)19-8-2-1-3-9-19/h1-3,8-9,13-16,21-23,28,31H,4-7,10-12,17H2,(H,26,30)(H,27,29). The Morgan fingerprint density at radius 3 is 2.32 bits per heavy atom. The summed E-state index contributed by atoms with van der Waals surface area (Å²) in [6.07, 6.45) is 4.84. The first-order valence-electron chi connectivity index (χ1n) is 11.1. The fraction of sp³-hybridized carbons (Fsp3) is 0.440. The largest absolute Gasteiger partial charge is 0.391 e. The van der Waals surface area contributed by atoms with Crippen LogP contribution in [0.2, 0.25) is 0 Å². The fourth-order valence-electron chi connectivity index (χ4n) is 4.22. The molecule has 1 fully saturated rings. The average molecular weight is 425 g/mol. The lowest BCUT2D eigenvalue weighted by molar-refractivity contribution is -0.135. The molecule has 3 unspecified atom stereocenters. The summed E-state index contributed by atoms with van der Waals surface area (Å²) >= 11 is 0. The Kier molecular flexibility index (Phi) is 8.62. The number of hydrogen-bond donors (Lipinski definition) is 4. The molecular formula is C25H32N2O4. The van der Waals surface area contributed by atoms with Gasteiger partial charge in [0.05, 0.1) is 12.1 Å². The van der Waals surface area contributed by atoms with E-state index in [9.17, 15) is 14.7 Å². The third-order valence-corrected chi connectivity index (χ3v) is 6.06. The van der Waals surface area contributed by atoms with Gasteiger partial charge in [-0.3, -0.25) is 14.8 Å². The van der Waals surface area contributed by atoms with Gasteiger partial charge >= 0.3 is 0 Å². The van der Waals surface area contributed by atoms with Crippen molar-refractivity contribution in [3.05, 3.63) is 60.2 Å². The Bertz CT molecular complexity index is 838. The van der Waals surface area contributed by atoms with Crippen molar-refractivity contribution in [3.8, 4) is 11.1 Å². The summed E-state index contributed by atoms with van der Waals surface area (Å²) in [6, 6.07) is 18.3. The third-order valence-electron chi connectivity index (χ3n) is 6.06. The van der Waals surface area contributed by atoms with Gasteiger partial charge in [0, 0.05) is 12.3 Å². The number of carbonyl (C=O) groups is 2. The number of carbonyl (C=O) groups excluding carboxylic acids is 2. The van der Waals surface area contributed by atoms with E-state index in [1.54, 1.807) is 5.48 Å². The quantitative estimate of drug-likeness (QED) is 0.365. The molecule has 3 rings (SSSR count). The van der Waals surface area contributed by atoms with Gasteiger partial charge in [0.15, 0.2) is 0 Å². The molecule has 0 saturated heterocycles. The maximum atomic E-state index is 12.8. The molecule has 2 amide bonds. The van der Waals surface area contributed by atoms with E-state index in [1.165, 1.54) is 11.1 Å². The van der Waals surface area contributed by atoms with Crippen molar-refractivity contribution < 1.29 is 19.9 Å². The molecule has 1 aliphatic rings. The number of aryl methyl sites for hydroxylation is 1. The van der Waals surface area contributed by atoms with Gasteiger partial charge in [0.25, 0.3) is 0 Å². The number of benzene rings is 2. The minimum Gasteiger partial charge on any atom is -0.391 e. The van der Waals surface area contributed by atoms with Gasteiger partial charge in [-0.15, -0.1) is 0 Å². The second kappa shape index (κ2) is 11.6. The first-order valence-corrected chi connectivity index (χ1v) is 11.1. The van der Waals surface area contributed by atoms with Crippen LogP contribution in [0.3, 0.4) is 0 Å². The third kappa shape index (κ3) is 6.91. The van der Waals surface area contributed by atoms with Gasteiger partial charge in [-0.2, -0.15) is 0 Å². The smallest absolute Gasteiger partial charge is 0.244 e. The van der Waals surface area contributed by atoms with E-state index in [0.29, 0.717) is 12.8 Å². The summed E-state index contributed by atoms with van der Waals surface area (Å²) in [5, 5.41) is 21.9. The Balaban J connectivity index is 1.54. The zero-order chi connectivity index (χ0) is 22.1. The number of hydrogen-bond acceptors (Lipinski definition) is 4. The summed E-state index contributed by atoms with van der Waals surface area (Å²) in [5.74, 6) is -1.34. The lowest BCUT2D eigenvalue weighted by Gasteiger charge is -2.29. The molecule has 0 aliphatic heterocycles. The van der Waals surface area contributed by atoms with Gasteiger partial charge < -0.3 is 10.4 Å². The van der Waals surface area contributed by atoms with Crippen LogP contribution in [0.5, 0.6) is 0 Å². The van der Waals surface area contributed by atoms with Crippen LogP contribution < -0.4 is 10.8 Å². The molecular weight excluding hydrogens is 392 g/mol. The molecule has 0 spiro atoms. The first kappa shape index (κ1) is 23.0. The van der Waals surface area contributed by atoms with E-state index < -0.39 is 17.9 Å². The number of hydroxylamine groups is 1. The van der Waals surface area contributed by atoms with E-state index in [2.05, 4.69) is 41.7 Å². The number of rotatable bonds is 9. The first-order chi connectivity index (χ1) is 15.1. The molecule has 0 heterocycles. The predicted octanol–water partition coefficient (Wildman–Crippen LogP) is 3.61. The van der Waals surface area contributed by atoms with Crippen LogP contribution in [-0.2, 0) is 16.0 Å². The number of nitrogens with one attached hydrogen (secondary N) is 2. The van der Waals surface area contributed by atoms with Crippen LogP contribution in [0.4, 0.5) is 0 Å². The summed E-state index contributed by atoms with van der Waals surface area (Å²) in [6.45, 7) is 0. The van der Waals surface area contributed by atoms with E-state index >= 15 is 0 Å². The molecule has 0 aromatic heterocycles. The van der Waals surface area contributed by atoms with Crippen molar-refractivity contribution in [2.75, 3.05) is 0 Å². The normalized spacial score (nSPS) is 19.4. The van der Waals surface area contributed by atoms with Crippen molar-refractivity contribution in [1.82, 2.24) is 10.8 Å². The zero-order valence-corrected chi connectivity index (χ0v) is 17.8. The molecule has 0 radical (unpaired) electrons. The Morgan fingerprint density at radius 2 is 1.65 bits per heavy atom. The second-order valence-corrected chi connectivity index (χ2v) is 8.36. The highest BCUT2D eigenvalue weighted by Crippen LogP contribution is 2.22.